The van der Waals surface area contributed by atoms with Crippen LogP contribution in [0.25, 0.3) is 11.2 Å². The smallest absolute Gasteiger partial charge is 0.181 e. The fourth-order valence-electron chi connectivity index (χ4n) is 8.52. The summed E-state index contributed by atoms with van der Waals surface area (Å²) >= 11 is 1.57. The third-order valence-electron chi connectivity index (χ3n) is 10.2. The number of rotatable bonds is 4. The molecule has 34 heavy (non-hydrogen) atoms. The molecule has 3 fully saturated rings. The van der Waals surface area contributed by atoms with Gasteiger partial charge in [0.05, 0.1) is 12.9 Å². The van der Waals surface area contributed by atoms with E-state index >= 15 is 0 Å². The zero-order valence-electron chi connectivity index (χ0n) is 20.4. The molecule has 4 aliphatic carbocycles. The summed E-state index contributed by atoms with van der Waals surface area (Å²) < 4.78 is 1.96. The van der Waals surface area contributed by atoms with Crippen LogP contribution in [0.1, 0.15) is 65.2 Å². The molecule has 6 rings (SSSR count). The van der Waals surface area contributed by atoms with E-state index in [0.29, 0.717) is 47.9 Å². The molecular weight excluding hydrogens is 444 g/mol. The lowest BCUT2D eigenvalue weighted by atomic mass is 9.46. The lowest BCUT2D eigenvalue weighted by molar-refractivity contribution is -0.131. The van der Waals surface area contributed by atoms with Gasteiger partial charge in [0.15, 0.2) is 17.2 Å². The van der Waals surface area contributed by atoms with Crippen molar-refractivity contribution in [1.82, 2.24) is 19.5 Å². The Morgan fingerprint density at radius 2 is 1.94 bits per heavy atom. The number of aromatic nitrogens is 4. The van der Waals surface area contributed by atoms with E-state index in [1.165, 1.54) is 18.4 Å². The first-order valence-electron chi connectivity index (χ1n) is 12.8. The van der Waals surface area contributed by atoms with Crippen molar-refractivity contribution in [3.8, 4) is 0 Å². The van der Waals surface area contributed by atoms with E-state index in [2.05, 4.69) is 28.8 Å². The first kappa shape index (κ1) is 22.4. The van der Waals surface area contributed by atoms with E-state index in [0.717, 1.165) is 42.6 Å². The number of fused-ring (bicyclic) bond motifs is 6. The Labute approximate surface area is 205 Å². The van der Waals surface area contributed by atoms with Gasteiger partial charge in [-0.05, 0) is 85.9 Å². The third-order valence-corrected chi connectivity index (χ3v) is 10.9. The summed E-state index contributed by atoms with van der Waals surface area (Å²) in [6.45, 7) is 5.19. The van der Waals surface area contributed by atoms with Crippen LogP contribution in [0, 0.1) is 34.5 Å². The van der Waals surface area contributed by atoms with Gasteiger partial charge in [-0.15, -0.1) is 11.8 Å². The molecule has 6 unspecified atom stereocenters. The molecule has 6 nitrogen and oxygen atoms in total. The SMILES string of the molecule is CSc1ncnc2ncn(CC(=O)C3CCC4C5CCC6=CC(=O)CCC6(C)C5CCC34C)c12. The zero-order chi connectivity index (χ0) is 23.7. The number of imidazole rings is 1. The first-order valence-corrected chi connectivity index (χ1v) is 14.0. The normalized spacial score (nSPS) is 37.1. The Kier molecular flexibility index (Phi) is 5.28. The Morgan fingerprint density at radius 1 is 1.09 bits per heavy atom. The van der Waals surface area contributed by atoms with Gasteiger partial charge in [-0.1, -0.05) is 19.4 Å². The molecule has 0 radical (unpaired) electrons. The highest BCUT2D eigenvalue weighted by Gasteiger charge is 2.60. The number of nitrogens with zero attached hydrogens (tertiary/aromatic N) is 4. The Morgan fingerprint density at radius 3 is 2.76 bits per heavy atom. The molecule has 180 valence electrons. The zero-order valence-corrected chi connectivity index (χ0v) is 21.2. The second kappa shape index (κ2) is 8.00. The van der Waals surface area contributed by atoms with Crippen molar-refractivity contribution in [1.29, 1.82) is 0 Å². The van der Waals surface area contributed by atoms with Crippen molar-refractivity contribution in [3.05, 3.63) is 24.3 Å². The molecule has 0 spiro atoms. The van der Waals surface area contributed by atoms with Crippen LogP contribution < -0.4 is 0 Å². The molecule has 0 saturated heterocycles. The van der Waals surface area contributed by atoms with Gasteiger partial charge >= 0.3 is 0 Å². The van der Waals surface area contributed by atoms with E-state index < -0.39 is 0 Å². The van der Waals surface area contributed by atoms with E-state index in [1.807, 2.05) is 16.9 Å². The lowest BCUT2D eigenvalue weighted by Crippen LogP contribution is -2.51. The standard InChI is InChI=1S/C27H34N4O2S/c1-26-10-8-17(32)12-16(26)4-5-18-19-6-7-21(27(19,2)11-9-20(18)26)22(33)13-31-15-30-24-23(31)25(34-3)29-14-28-24/h12,14-15,18-21H,4-11,13H2,1-3H3. The maximum Gasteiger partial charge on any atom is 0.181 e. The van der Waals surface area contributed by atoms with Gasteiger partial charge in [-0.25, -0.2) is 15.0 Å². The number of hydrogen-bond donors (Lipinski definition) is 0. The predicted octanol–water partition coefficient (Wildman–Crippen LogP) is 5.27. The van der Waals surface area contributed by atoms with Crippen LogP contribution in [0.15, 0.2) is 29.3 Å². The van der Waals surface area contributed by atoms with Crippen molar-refractivity contribution < 1.29 is 9.59 Å². The van der Waals surface area contributed by atoms with Gasteiger partial charge in [-0.2, -0.15) is 0 Å². The van der Waals surface area contributed by atoms with Crippen molar-refractivity contribution in [2.24, 2.45) is 34.5 Å². The number of hydrogen-bond acceptors (Lipinski definition) is 6. The summed E-state index contributed by atoms with van der Waals surface area (Å²) in [7, 11) is 0. The van der Waals surface area contributed by atoms with E-state index in [4.69, 9.17) is 0 Å². The average Bonchev–Trinajstić information content (AvgIpc) is 3.40. The molecule has 2 heterocycles. The molecule has 2 aromatic heterocycles. The van der Waals surface area contributed by atoms with Crippen LogP contribution >= 0.6 is 11.8 Å². The van der Waals surface area contributed by atoms with E-state index in [9.17, 15) is 9.59 Å². The monoisotopic (exact) mass is 478 g/mol. The minimum atomic E-state index is 0.0789. The molecule has 0 N–H and O–H groups in total. The number of Topliss-reactive ketones (excluding diaryl/α,β-unsaturated/α-hetero) is 1. The summed E-state index contributed by atoms with van der Waals surface area (Å²) in [5.41, 5.74) is 3.21. The third kappa shape index (κ3) is 3.18. The Bertz CT molecular complexity index is 1200. The molecule has 6 atom stereocenters. The number of allylic oxidation sites excluding steroid dienone is 1. The molecule has 3 saturated carbocycles. The van der Waals surface area contributed by atoms with Gasteiger partial charge < -0.3 is 4.57 Å². The van der Waals surface area contributed by atoms with Crippen molar-refractivity contribution >= 4 is 34.5 Å². The van der Waals surface area contributed by atoms with Crippen LogP contribution in [-0.4, -0.2) is 37.3 Å². The molecular formula is C27H34N4O2S. The molecule has 0 aromatic carbocycles. The van der Waals surface area contributed by atoms with Crippen LogP contribution in [0.4, 0.5) is 0 Å². The fourth-order valence-corrected chi connectivity index (χ4v) is 9.07. The van der Waals surface area contributed by atoms with Gasteiger partial charge in [0.2, 0.25) is 0 Å². The van der Waals surface area contributed by atoms with Crippen molar-refractivity contribution in [2.45, 2.75) is 76.8 Å². The van der Waals surface area contributed by atoms with Crippen molar-refractivity contribution in [3.63, 3.8) is 0 Å². The topological polar surface area (TPSA) is 77.7 Å². The average molecular weight is 479 g/mol. The summed E-state index contributed by atoms with van der Waals surface area (Å²) in [6, 6.07) is 0. The summed E-state index contributed by atoms with van der Waals surface area (Å²) in [5.74, 6) is 2.71. The number of ketones is 2. The highest BCUT2D eigenvalue weighted by molar-refractivity contribution is 7.98. The second-order valence-electron chi connectivity index (χ2n) is 11.5. The van der Waals surface area contributed by atoms with E-state index in [1.54, 1.807) is 24.4 Å². The second-order valence-corrected chi connectivity index (χ2v) is 12.3. The van der Waals surface area contributed by atoms with E-state index in [-0.39, 0.29) is 16.7 Å². The predicted molar refractivity (Wildman–Crippen MR) is 132 cm³/mol. The highest BCUT2D eigenvalue weighted by atomic mass is 32.2. The van der Waals surface area contributed by atoms with Crippen LogP contribution in [-0.2, 0) is 16.1 Å². The molecule has 0 aliphatic heterocycles. The Balaban J connectivity index is 1.25. The van der Waals surface area contributed by atoms with Gasteiger partial charge in [0, 0.05) is 12.3 Å². The lowest BCUT2D eigenvalue weighted by Gasteiger charge is -2.58. The minimum Gasteiger partial charge on any atom is -0.319 e. The molecule has 0 amide bonds. The van der Waals surface area contributed by atoms with Gasteiger partial charge in [-0.3, -0.25) is 9.59 Å². The van der Waals surface area contributed by atoms with Crippen LogP contribution in [0.5, 0.6) is 0 Å². The van der Waals surface area contributed by atoms with Crippen molar-refractivity contribution in [2.75, 3.05) is 6.26 Å². The van der Waals surface area contributed by atoms with Crippen LogP contribution in [0.3, 0.4) is 0 Å². The number of carbonyl (C=O) groups is 2. The molecule has 0 bridgehead atoms. The molecule has 4 aliphatic rings. The Hall–Kier alpha value is -2.02. The fraction of sp³-hybridized carbons (Fsp3) is 0.667. The first-order chi connectivity index (χ1) is 16.3. The molecule has 2 aromatic rings. The minimum absolute atomic E-state index is 0.0789. The number of carbonyl (C=O) groups excluding carboxylic acids is 2. The summed E-state index contributed by atoms with van der Waals surface area (Å²) in [4.78, 5) is 39.0. The number of thioether (sulfide) groups is 1. The summed E-state index contributed by atoms with van der Waals surface area (Å²) in [6.07, 6.45) is 15.7. The highest BCUT2D eigenvalue weighted by Crippen LogP contribution is 2.66. The van der Waals surface area contributed by atoms with Gasteiger partial charge in [0.25, 0.3) is 0 Å². The largest absolute Gasteiger partial charge is 0.319 e. The van der Waals surface area contributed by atoms with Crippen LogP contribution in [0.2, 0.25) is 0 Å². The maximum absolute atomic E-state index is 13.8. The summed E-state index contributed by atoms with van der Waals surface area (Å²) in [5, 5.41) is 0.872. The maximum atomic E-state index is 13.8. The molecule has 7 heteroatoms. The van der Waals surface area contributed by atoms with Gasteiger partial charge in [0.1, 0.15) is 16.9 Å². The quantitative estimate of drug-likeness (QED) is 0.440.